The zero-order valence-electron chi connectivity index (χ0n) is 11.0. The third-order valence-corrected chi connectivity index (χ3v) is 3.95. The number of halogens is 2. The van der Waals surface area contributed by atoms with Gasteiger partial charge in [0.15, 0.2) is 0 Å². The van der Waals surface area contributed by atoms with Gasteiger partial charge in [0.1, 0.15) is 16.6 Å². The van der Waals surface area contributed by atoms with Gasteiger partial charge >= 0.3 is 0 Å². The summed E-state index contributed by atoms with van der Waals surface area (Å²) in [6, 6.07) is 12.6. The molecule has 0 aliphatic carbocycles. The van der Waals surface area contributed by atoms with Crippen molar-refractivity contribution in [1.82, 2.24) is 4.98 Å². The molecule has 2 aromatic carbocycles. The first-order valence-electron chi connectivity index (χ1n) is 6.36. The minimum Gasteiger partial charge on any atom is -0.245 e. The van der Waals surface area contributed by atoms with Gasteiger partial charge in [-0.3, -0.25) is 0 Å². The lowest BCUT2D eigenvalue weighted by Crippen LogP contribution is -1.74. The van der Waals surface area contributed by atoms with Gasteiger partial charge in [-0.2, -0.15) is 0 Å². The van der Waals surface area contributed by atoms with Crippen LogP contribution in [-0.4, -0.2) is 4.98 Å². The van der Waals surface area contributed by atoms with Crippen LogP contribution in [0.15, 0.2) is 54.7 Å². The highest BCUT2D eigenvalue weighted by Gasteiger charge is 2.02. The molecule has 0 aliphatic heterocycles. The number of aromatic nitrogens is 1. The Labute approximate surface area is 125 Å². The van der Waals surface area contributed by atoms with Crippen LogP contribution < -0.4 is 0 Å². The van der Waals surface area contributed by atoms with Gasteiger partial charge in [0, 0.05) is 6.20 Å². The fourth-order valence-electron chi connectivity index (χ4n) is 1.85. The fourth-order valence-corrected chi connectivity index (χ4v) is 2.68. The topological polar surface area (TPSA) is 12.9 Å². The van der Waals surface area contributed by atoms with E-state index >= 15 is 0 Å². The van der Waals surface area contributed by atoms with Crippen LogP contribution in [-0.2, 0) is 0 Å². The smallest absolute Gasteiger partial charge is 0.123 e. The Morgan fingerprint density at radius 2 is 1.43 bits per heavy atom. The van der Waals surface area contributed by atoms with Gasteiger partial charge < -0.3 is 0 Å². The van der Waals surface area contributed by atoms with Crippen molar-refractivity contribution in [2.75, 3.05) is 0 Å². The molecule has 21 heavy (non-hydrogen) atoms. The molecule has 0 fully saturated rings. The maximum Gasteiger partial charge on any atom is 0.123 e. The van der Waals surface area contributed by atoms with Crippen LogP contribution in [0.3, 0.4) is 0 Å². The summed E-state index contributed by atoms with van der Waals surface area (Å²) >= 11 is 1.52. The predicted molar refractivity (Wildman–Crippen MR) is 82.8 cm³/mol. The maximum absolute atomic E-state index is 12.9. The SMILES string of the molecule is Fc1ccc(C=Cc2ncc(-c3ccc(F)cc3)s2)cc1. The first-order chi connectivity index (χ1) is 10.2. The molecular formula is C17H11F2NS. The van der Waals surface area contributed by atoms with Crippen molar-refractivity contribution < 1.29 is 8.78 Å². The highest BCUT2D eigenvalue weighted by Crippen LogP contribution is 2.27. The second-order valence-electron chi connectivity index (χ2n) is 4.45. The molecule has 1 nitrogen and oxygen atoms in total. The van der Waals surface area contributed by atoms with E-state index in [1.54, 1.807) is 30.5 Å². The van der Waals surface area contributed by atoms with E-state index < -0.39 is 0 Å². The van der Waals surface area contributed by atoms with E-state index in [2.05, 4.69) is 4.98 Å². The zero-order valence-corrected chi connectivity index (χ0v) is 11.8. The quantitative estimate of drug-likeness (QED) is 0.643. The summed E-state index contributed by atoms with van der Waals surface area (Å²) in [6.45, 7) is 0. The van der Waals surface area contributed by atoms with Crippen molar-refractivity contribution in [1.29, 1.82) is 0 Å². The zero-order chi connectivity index (χ0) is 14.7. The highest BCUT2D eigenvalue weighted by atomic mass is 32.1. The maximum atomic E-state index is 12.9. The van der Waals surface area contributed by atoms with E-state index in [0.29, 0.717) is 0 Å². The Bertz CT molecular complexity index is 758. The van der Waals surface area contributed by atoms with Crippen molar-refractivity contribution in [2.24, 2.45) is 0 Å². The summed E-state index contributed by atoms with van der Waals surface area (Å²) in [6.07, 6.45) is 5.53. The first-order valence-corrected chi connectivity index (χ1v) is 7.18. The van der Waals surface area contributed by atoms with Gasteiger partial charge in [-0.25, -0.2) is 13.8 Å². The molecule has 104 valence electrons. The summed E-state index contributed by atoms with van der Waals surface area (Å²) in [4.78, 5) is 5.29. The third-order valence-electron chi connectivity index (χ3n) is 2.94. The van der Waals surface area contributed by atoms with Crippen molar-refractivity contribution in [3.8, 4) is 10.4 Å². The van der Waals surface area contributed by atoms with Crippen LogP contribution in [0.1, 0.15) is 10.6 Å². The van der Waals surface area contributed by atoms with E-state index in [1.807, 2.05) is 12.2 Å². The molecule has 0 saturated carbocycles. The average Bonchev–Trinajstić information content (AvgIpc) is 2.96. The van der Waals surface area contributed by atoms with Crippen LogP contribution in [0.25, 0.3) is 22.6 Å². The van der Waals surface area contributed by atoms with E-state index in [0.717, 1.165) is 21.0 Å². The molecular weight excluding hydrogens is 288 g/mol. The molecule has 1 heterocycles. The minimum atomic E-state index is -0.250. The summed E-state index contributed by atoms with van der Waals surface area (Å²) in [5, 5.41) is 0.846. The second kappa shape index (κ2) is 5.97. The van der Waals surface area contributed by atoms with Crippen LogP contribution >= 0.6 is 11.3 Å². The summed E-state index contributed by atoms with van der Waals surface area (Å²) in [5.41, 5.74) is 1.85. The lowest BCUT2D eigenvalue weighted by Gasteiger charge is -1.94. The Morgan fingerprint density at radius 3 is 2.10 bits per heavy atom. The van der Waals surface area contributed by atoms with E-state index in [4.69, 9.17) is 0 Å². The standard InChI is InChI=1S/C17H11F2NS/c18-14-6-1-12(2-7-14)3-10-17-20-11-16(21-17)13-4-8-15(19)9-5-13/h1-11H. The Morgan fingerprint density at radius 1 is 0.810 bits per heavy atom. The summed E-state index contributed by atoms with van der Waals surface area (Å²) < 4.78 is 25.7. The second-order valence-corrected chi connectivity index (χ2v) is 5.52. The third kappa shape index (κ3) is 3.41. The van der Waals surface area contributed by atoms with Crippen LogP contribution in [0.4, 0.5) is 8.78 Å². The lowest BCUT2D eigenvalue weighted by atomic mass is 10.2. The van der Waals surface area contributed by atoms with Gasteiger partial charge in [0.25, 0.3) is 0 Å². The predicted octanol–water partition coefficient (Wildman–Crippen LogP) is 5.26. The number of rotatable bonds is 3. The average molecular weight is 299 g/mol. The molecule has 4 heteroatoms. The Hall–Kier alpha value is -2.33. The number of hydrogen-bond acceptors (Lipinski definition) is 2. The van der Waals surface area contributed by atoms with Crippen LogP contribution in [0, 0.1) is 11.6 Å². The first kappa shape index (κ1) is 13.6. The molecule has 0 spiro atoms. The largest absolute Gasteiger partial charge is 0.245 e. The summed E-state index contributed by atoms with van der Waals surface area (Å²) in [5.74, 6) is -0.500. The van der Waals surface area contributed by atoms with Crippen molar-refractivity contribution in [3.05, 3.63) is 76.9 Å². The van der Waals surface area contributed by atoms with Crippen molar-refractivity contribution >= 4 is 23.5 Å². The van der Waals surface area contributed by atoms with E-state index in [9.17, 15) is 8.78 Å². The molecule has 0 aliphatic rings. The fraction of sp³-hybridized carbons (Fsp3) is 0. The molecule has 0 bridgehead atoms. The Kier molecular flexibility index (Phi) is 3.88. The number of hydrogen-bond donors (Lipinski definition) is 0. The minimum absolute atomic E-state index is 0.250. The molecule has 0 radical (unpaired) electrons. The van der Waals surface area contributed by atoms with Crippen LogP contribution in [0.2, 0.25) is 0 Å². The number of benzene rings is 2. The normalized spacial score (nSPS) is 11.1. The highest BCUT2D eigenvalue weighted by molar-refractivity contribution is 7.16. The molecule has 0 N–H and O–H groups in total. The van der Waals surface area contributed by atoms with Crippen molar-refractivity contribution in [2.45, 2.75) is 0 Å². The van der Waals surface area contributed by atoms with Gasteiger partial charge in [0.2, 0.25) is 0 Å². The van der Waals surface area contributed by atoms with Gasteiger partial charge in [0.05, 0.1) is 4.88 Å². The van der Waals surface area contributed by atoms with Gasteiger partial charge in [-0.05, 0) is 41.5 Å². The van der Waals surface area contributed by atoms with Crippen LogP contribution in [0.5, 0.6) is 0 Å². The molecule has 0 atom stereocenters. The monoisotopic (exact) mass is 299 g/mol. The molecule has 3 aromatic rings. The lowest BCUT2D eigenvalue weighted by molar-refractivity contribution is 0.627. The molecule has 3 rings (SSSR count). The van der Waals surface area contributed by atoms with Gasteiger partial charge in [-0.1, -0.05) is 30.3 Å². The number of thiazole rings is 1. The molecule has 1 aromatic heterocycles. The van der Waals surface area contributed by atoms with E-state index in [1.165, 1.54) is 35.6 Å². The summed E-state index contributed by atoms with van der Waals surface area (Å²) in [7, 11) is 0. The van der Waals surface area contributed by atoms with Crippen molar-refractivity contribution in [3.63, 3.8) is 0 Å². The number of nitrogens with zero attached hydrogens (tertiary/aromatic N) is 1. The van der Waals surface area contributed by atoms with Gasteiger partial charge in [-0.15, -0.1) is 11.3 Å². The molecule has 0 amide bonds. The molecule has 0 saturated heterocycles. The van der Waals surface area contributed by atoms with E-state index in [-0.39, 0.29) is 11.6 Å². The molecule has 0 unspecified atom stereocenters. The Balaban J connectivity index is 1.78.